The third-order valence-corrected chi connectivity index (χ3v) is 4.29. The Bertz CT molecular complexity index is 521. The quantitative estimate of drug-likeness (QED) is 0.761. The second kappa shape index (κ2) is 5.89. The van der Waals surface area contributed by atoms with Crippen molar-refractivity contribution in [3.8, 4) is 0 Å². The molecule has 0 spiro atoms. The maximum atomic E-state index is 12.3. The molecule has 0 aliphatic heterocycles. The summed E-state index contributed by atoms with van der Waals surface area (Å²) < 4.78 is 28.7. The molecule has 0 saturated carbocycles. The van der Waals surface area contributed by atoms with Gasteiger partial charge in [0, 0.05) is 25.8 Å². The van der Waals surface area contributed by atoms with Gasteiger partial charge < -0.3 is 10.6 Å². The molecule has 1 aromatic heterocycles. The highest BCUT2D eigenvalue weighted by Crippen LogP contribution is 2.17. The van der Waals surface area contributed by atoms with Gasteiger partial charge in [0.2, 0.25) is 10.0 Å². The van der Waals surface area contributed by atoms with Gasteiger partial charge in [0.25, 0.3) is 0 Å². The summed E-state index contributed by atoms with van der Waals surface area (Å²) in [6.07, 6.45) is 1.41. The van der Waals surface area contributed by atoms with Gasteiger partial charge in [-0.05, 0) is 20.0 Å². The van der Waals surface area contributed by atoms with E-state index in [1.165, 1.54) is 10.9 Å². The number of rotatable bonds is 6. The van der Waals surface area contributed by atoms with E-state index in [0.717, 1.165) is 0 Å². The molecule has 1 unspecified atom stereocenters. The molecule has 0 amide bonds. The lowest BCUT2D eigenvalue weighted by atomic mass is 10.1. The summed E-state index contributed by atoms with van der Waals surface area (Å²) >= 11 is 0. The molecular weight excluding hydrogens is 266 g/mol. The van der Waals surface area contributed by atoms with Crippen LogP contribution in [0.15, 0.2) is 11.1 Å². The van der Waals surface area contributed by atoms with Crippen molar-refractivity contribution in [2.75, 3.05) is 26.4 Å². The van der Waals surface area contributed by atoms with E-state index in [0.29, 0.717) is 6.54 Å². The van der Waals surface area contributed by atoms with E-state index in [9.17, 15) is 8.42 Å². The molecule has 1 atom stereocenters. The van der Waals surface area contributed by atoms with Crippen molar-refractivity contribution in [2.24, 2.45) is 13.0 Å². The monoisotopic (exact) mass is 289 g/mol. The minimum absolute atomic E-state index is 0.0161. The first-order chi connectivity index (χ1) is 8.63. The molecule has 3 N–H and O–H groups in total. The zero-order chi connectivity index (χ0) is 14.8. The van der Waals surface area contributed by atoms with E-state index in [1.807, 2.05) is 32.8 Å². The fraction of sp³-hybridized carbons (Fsp3) is 0.727. The predicted molar refractivity (Wildman–Crippen MR) is 75.1 cm³/mol. The SMILES string of the molecule is CC(C)C(CN(C)C)NS(=O)(=O)c1cn(C)nc1N. The molecule has 0 bridgehead atoms. The number of aromatic nitrogens is 2. The van der Waals surface area contributed by atoms with E-state index < -0.39 is 10.0 Å². The van der Waals surface area contributed by atoms with Crippen LogP contribution in [0.1, 0.15) is 13.8 Å². The van der Waals surface area contributed by atoms with Gasteiger partial charge in [-0.2, -0.15) is 5.10 Å². The molecule has 1 rings (SSSR count). The largest absolute Gasteiger partial charge is 0.381 e. The van der Waals surface area contributed by atoms with Crippen molar-refractivity contribution in [3.63, 3.8) is 0 Å². The minimum Gasteiger partial charge on any atom is -0.381 e. The number of anilines is 1. The zero-order valence-corrected chi connectivity index (χ0v) is 12.9. The van der Waals surface area contributed by atoms with Crippen molar-refractivity contribution < 1.29 is 8.42 Å². The van der Waals surface area contributed by atoms with E-state index in [4.69, 9.17) is 5.73 Å². The van der Waals surface area contributed by atoms with Gasteiger partial charge in [-0.25, -0.2) is 13.1 Å². The zero-order valence-electron chi connectivity index (χ0n) is 12.1. The molecule has 0 aromatic carbocycles. The normalized spacial score (nSPS) is 14.3. The van der Waals surface area contributed by atoms with Crippen molar-refractivity contribution >= 4 is 15.8 Å². The maximum absolute atomic E-state index is 12.3. The van der Waals surface area contributed by atoms with Crippen LogP contribution >= 0.6 is 0 Å². The Balaban J connectivity index is 2.97. The predicted octanol–water partition coefficient (Wildman–Crippen LogP) is -0.133. The number of nitrogens with zero attached hydrogens (tertiary/aromatic N) is 3. The van der Waals surface area contributed by atoms with Crippen LogP contribution in [0.3, 0.4) is 0 Å². The standard InChI is InChI=1S/C11H23N5O2S/c1-8(2)9(6-15(3)4)14-19(17,18)10-7-16(5)13-11(10)12/h7-9,14H,6H2,1-5H3,(H2,12,13). The van der Waals surface area contributed by atoms with E-state index in [1.54, 1.807) is 7.05 Å². The average molecular weight is 289 g/mol. The first-order valence-corrected chi connectivity index (χ1v) is 7.58. The lowest BCUT2D eigenvalue weighted by Crippen LogP contribution is -2.44. The van der Waals surface area contributed by atoms with Gasteiger partial charge in [0.1, 0.15) is 4.90 Å². The Morgan fingerprint density at radius 2 is 2.05 bits per heavy atom. The highest BCUT2D eigenvalue weighted by Gasteiger charge is 2.26. The van der Waals surface area contributed by atoms with Crippen LogP contribution in [-0.4, -0.2) is 49.8 Å². The Labute approximate surface area is 114 Å². The van der Waals surface area contributed by atoms with Gasteiger partial charge in [0.05, 0.1) is 0 Å². The van der Waals surface area contributed by atoms with Crippen LogP contribution in [0.5, 0.6) is 0 Å². The van der Waals surface area contributed by atoms with Crippen molar-refractivity contribution in [1.82, 2.24) is 19.4 Å². The minimum atomic E-state index is -3.64. The number of sulfonamides is 1. The Hall–Kier alpha value is -1.12. The second-order valence-corrected chi connectivity index (χ2v) is 6.97. The molecule has 0 radical (unpaired) electrons. The summed E-state index contributed by atoms with van der Waals surface area (Å²) in [5, 5.41) is 3.86. The molecule has 8 heteroatoms. The fourth-order valence-electron chi connectivity index (χ4n) is 1.73. The molecule has 0 aliphatic carbocycles. The van der Waals surface area contributed by atoms with Gasteiger partial charge in [0.15, 0.2) is 5.82 Å². The number of nitrogens with two attached hydrogens (primary N) is 1. The maximum Gasteiger partial charge on any atom is 0.246 e. The van der Waals surface area contributed by atoms with E-state index >= 15 is 0 Å². The molecular formula is C11H23N5O2S. The van der Waals surface area contributed by atoms with Crippen LogP contribution in [-0.2, 0) is 17.1 Å². The topological polar surface area (TPSA) is 93.2 Å². The van der Waals surface area contributed by atoms with Gasteiger partial charge in [-0.3, -0.25) is 4.68 Å². The number of hydrogen-bond acceptors (Lipinski definition) is 5. The fourth-order valence-corrected chi connectivity index (χ4v) is 3.21. The number of aryl methyl sites for hydroxylation is 1. The Morgan fingerprint density at radius 1 is 1.47 bits per heavy atom. The third kappa shape index (κ3) is 4.19. The van der Waals surface area contributed by atoms with E-state index in [2.05, 4.69) is 9.82 Å². The number of hydrogen-bond donors (Lipinski definition) is 2. The molecule has 1 heterocycles. The number of nitrogen functional groups attached to an aromatic ring is 1. The molecule has 0 fully saturated rings. The van der Waals surface area contributed by atoms with E-state index in [-0.39, 0.29) is 22.7 Å². The summed E-state index contributed by atoms with van der Waals surface area (Å²) in [6.45, 7) is 4.57. The van der Waals surface area contributed by atoms with Gasteiger partial charge >= 0.3 is 0 Å². The molecule has 1 aromatic rings. The van der Waals surface area contributed by atoms with Crippen molar-refractivity contribution in [1.29, 1.82) is 0 Å². The number of likely N-dealkylation sites (N-methyl/N-ethyl adjacent to an activating group) is 1. The molecule has 110 valence electrons. The first-order valence-electron chi connectivity index (χ1n) is 6.09. The average Bonchev–Trinajstić information content (AvgIpc) is 2.56. The van der Waals surface area contributed by atoms with Gasteiger partial charge in [-0.15, -0.1) is 0 Å². The van der Waals surface area contributed by atoms with Crippen molar-refractivity contribution in [3.05, 3.63) is 6.20 Å². The molecule has 7 nitrogen and oxygen atoms in total. The smallest absolute Gasteiger partial charge is 0.246 e. The van der Waals surface area contributed by atoms with Crippen LogP contribution in [0, 0.1) is 5.92 Å². The molecule has 19 heavy (non-hydrogen) atoms. The summed E-state index contributed by atoms with van der Waals surface area (Å²) in [7, 11) is 1.80. The Kier molecular flexibility index (Phi) is 4.94. The highest BCUT2D eigenvalue weighted by molar-refractivity contribution is 7.89. The molecule has 0 aliphatic rings. The highest BCUT2D eigenvalue weighted by atomic mass is 32.2. The van der Waals surface area contributed by atoms with Gasteiger partial charge in [-0.1, -0.05) is 13.8 Å². The molecule has 0 saturated heterocycles. The van der Waals surface area contributed by atoms with Crippen LogP contribution in [0.2, 0.25) is 0 Å². The lowest BCUT2D eigenvalue weighted by Gasteiger charge is -2.25. The first kappa shape index (κ1) is 15.9. The van der Waals surface area contributed by atoms with Crippen LogP contribution in [0.25, 0.3) is 0 Å². The summed E-state index contributed by atoms with van der Waals surface area (Å²) in [5.74, 6) is 0.192. The summed E-state index contributed by atoms with van der Waals surface area (Å²) in [5.41, 5.74) is 5.62. The number of nitrogens with one attached hydrogen (secondary N) is 1. The summed E-state index contributed by atoms with van der Waals surface area (Å²) in [4.78, 5) is 1.97. The summed E-state index contributed by atoms with van der Waals surface area (Å²) in [6, 6.07) is -0.181. The third-order valence-electron chi connectivity index (χ3n) is 2.78. The lowest BCUT2D eigenvalue weighted by molar-refractivity contribution is 0.314. The van der Waals surface area contributed by atoms with Crippen LogP contribution in [0.4, 0.5) is 5.82 Å². The Morgan fingerprint density at radius 3 is 2.42 bits per heavy atom. The van der Waals surface area contributed by atoms with Crippen molar-refractivity contribution in [2.45, 2.75) is 24.8 Å². The van der Waals surface area contributed by atoms with Crippen LogP contribution < -0.4 is 10.5 Å². The second-order valence-electron chi connectivity index (χ2n) is 5.29.